The molecule has 90 valence electrons. The summed E-state index contributed by atoms with van der Waals surface area (Å²) in [4.78, 5) is 0. The number of aliphatic hydroxyl groups excluding tert-OH is 2. The minimum atomic E-state index is -0.698. The minimum absolute atomic E-state index is 0.117. The highest BCUT2D eigenvalue weighted by atomic mass is 16.5. The Morgan fingerprint density at radius 2 is 2.07 bits per heavy atom. The molecule has 5 nitrogen and oxygen atoms in total. The van der Waals surface area contributed by atoms with Gasteiger partial charge in [-0.25, -0.2) is 0 Å². The number of hydrogen-bond acceptors (Lipinski definition) is 5. The van der Waals surface area contributed by atoms with Crippen LogP contribution in [0.25, 0.3) is 0 Å². The van der Waals surface area contributed by atoms with Crippen LogP contribution in [-0.4, -0.2) is 62.6 Å². The van der Waals surface area contributed by atoms with Gasteiger partial charge in [0.2, 0.25) is 0 Å². The lowest BCUT2D eigenvalue weighted by atomic mass is 10.3. The molecule has 0 amide bonds. The van der Waals surface area contributed by atoms with E-state index in [1.807, 2.05) is 0 Å². The van der Waals surface area contributed by atoms with Crippen molar-refractivity contribution in [1.29, 1.82) is 0 Å². The first-order valence-electron chi connectivity index (χ1n) is 4.82. The van der Waals surface area contributed by atoms with E-state index in [0.717, 1.165) is 0 Å². The van der Waals surface area contributed by atoms with E-state index in [1.54, 1.807) is 6.08 Å². The molecule has 0 aliphatic rings. The Morgan fingerprint density at radius 1 is 1.33 bits per heavy atom. The fourth-order valence-corrected chi connectivity index (χ4v) is 0.922. The van der Waals surface area contributed by atoms with E-state index < -0.39 is 12.2 Å². The molecule has 0 rings (SSSR count). The number of methoxy groups -OCH3 is 1. The third kappa shape index (κ3) is 8.53. The van der Waals surface area contributed by atoms with Gasteiger partial charge in [0.1, 0.15) is 12.2 Å². The molecule has 5 heteroatoms. The lowest BCUT2D eigenvalue weighted by Crippen LogP contribution is -2.30. The number of rotatable bonds is 10. The Kier molecular flexibility index (Phi) is 9.76. The van der Waals surface area contributed by atoms with Crippen LogP contribution in [0.4, 0.5) is 0 Å². The van der Waals surface area contributed by atoms with Gasteiger partial charge in [-0.2, -0.15) is 0 Å². The molecule has 0 fully saturated rings. The molecule has 0 aromatic carbocycles. The lowest BCUT2D eigenvalue weighted by molar-refractivity contribution is -0.0755. The minimum Gasteiger partial charge on any atom is -0.394 e. The smallest absolute Gasteiger partial charge is 0.104 e. The van der Waals surface area contributed by atoms with Crippen LogP contribution in [0.15, 0.2) is 12.7 Å². The maximum absolute atomic E-state index is 9.38. The van der Waals surface area contributed by atoms with Crippen LogP contribution in [0.5, 0.6) is 0 Å². The summed E-state index contributed by atoms with van der Waals surface area (Å²) in [5, 5.41) is 18.2. The Labute approximate surface area is 90.3 Å². The zero-order chi connectivity index (χ0) is 11.5. The zero-order valence-electron chi connectivity index (χ0n) is 9.09. The standard InChI is InChI=1S/C10H20O5/c1-3-4-14-6-9(12)7-15-10(5-11)8-13-2/h3,9-12H,1,4-8H2,2H3. The molecule has 0 saturated carbocycles. The zero-order valence-corrected chi connectivity index (χ0v) is 9.09. The van der Waals surface area contributed by atoms with E-state index in [9.17, 15) is 5.11 Å². The van der Waals surface area contributed by atoms with E-state index in [-0.39, 0.29) is 19.8 Å². The summed E-state index contributed by atoms with van der Waals surface area (Å²) in [5.41, 5.74) is 0. The van der Waals surface area contributed by atoms with Gasteiger partial charge in [0.05, 0.1) is 33.0 Å². The fraction of sp³-hybridized carbons (Fsp3) is 0.800. The van der Waals surface area contributed by atoms with Crippen molar-refractivity contribution in [2.45, 2.75) is 12.2 Å². The average Bonchev–Trinajstić information content (AvgIpc) is 2.24. The predicted octanol–water partition coefficient (Wildman–Crippen LogP) is -0.426. The molecule has 0 bridgehead atoms. The van der Waals surface area contributed by atoms with E-state index in [0.29, 0.717) is 13.2 Å². The van der Waals surface area contributed by atoms with Gasteiger partial charge in [-0.05, 0) is 0 Å². The average molecular weight is 220 g/mol. The van der Waals surface area contributed by atoms with E-state index in [2.05, 4.69) is 6.58 Å². The summed E-state index contributed by atoms with van der Waals surface area (Å²) < 4.78 is 15.0. The molecule has 15 heavy (non-hydrogen) atoms. The van der Waals surface area contributed by atoms with Crippen molar-refractivity contribution in [3.63, 3.8) is 0 Å². The quantitative estimate of drug-likeness (QED) is 0.386. The van der Waals surface area contributed by atoms with Gasteiger partial charge in [-0.15, -0.1) is 6.58 Å². The highest BCUT2D eigenvalue weighted by molar-refractivity contribution is 4.65. The van der Waals surface area contributed by atoms with Gasteiger partial charge in [-0.1, -0.05) is 6.08 Å². The third-order valence-corrected chi connectivity index (χ3v) is 1.63. The van der Waals surface area contributed by atoms with Crippen molar-refractivity contribution in [3.8, 4) is 0 Å². The molecular weight excluding hydrogens is 200 g/mol. The van der Waals surface area contributed by atoms with Crippen molar-refractivity contribution in [1.82, 2.24) is 0 Å². The van der Waals surface area contributed by atoms with Gasteiger partial charge in [0, 0.05) is 7.11 Å². The van der Waals surface area contributed by atoms with Crippen LogP contribution in [-0.2, 0) is 14.2 Å². The number of aliphatic hydroxyl groups is 2. The van der Waals surface area contributed by atoms with Crippen molar-refractivity contribution in [2.75, 3.05) is 40.1 Å². The molecule has 0 saturated heterocycles. The molecule has 0 heterocycles. The molecule has 0 aromatic rings. The summed E-state index contributed by atoms with van der Waals surface area (Å²) in [5.74, 6) is 0. The fourth-order valence-electron chi connectivity index (χ4n) is 0.922. The first-order valence-corrected chi connectivity index (χ1v) is 4.82. The predicted molar refractivity (Wildman–Crippen MR) is 55.7 cm³/mol. The molecule has 2 unspecified atom stereocenters. The highest BCUT2D eigenvalue weighted by Gasteiger charge is 2.10. The van der Waals surface area contributed by atoms with Crippen molar-refractivity contribution in [2.24, 2.45) is 0 Å². The van der Waals surface area contributed by atoms with E-state index in [4.69, 9.17) is 19.3 Å². The maximum Gasteiger partial charge on any atom is 0.104 e. The van der Waals surface area contributed by atoms with Gasteiger partial charge in [0.25, 0.3) is 0 Å². The van der Waals surface area contributed by atoms with Crippen LogP contribution in [0.2, 0.25) is 0 Å². The summed E-state index contributed by atoms with van der Waals surface area (Å²) in [6, 6.07) is 0. The number of hydrogen-bond donors (Lipinski definition) is 2. The molecule has 2 atom stereocenters. The molecule has 0 radical (unpaired) electrons. The van der Waals surface area contributed by atoms with E-state index in [1.165, 1.54) is 7.11 Å². The Morgan fingerprint density at radius 3 is 2.60 bits per heavy atom. The Hall–Kier alpha value is -0.460. The van der Waals surface area contributed by atoms with Crippen molar-refractivity contribution < 1.29 is 24.4 Å². The Bertz CT molecular complexity index is 151. The lowest BCUT2D eigenvalue weighted by Gasteiger charge is -2.17. The highest BCUT2D eigenvalue weighted by Crippen LogP contribution is 1.95. The second-order valence-electron chi connectivity index (χ2n) is 3.07. The maximum atomic E-state index is 9.38. The van der Waals surface area contributed by atoms with Gasteiger partial charge in [0.15, 0.2) is 0 Å². The summed E-state index contributed by atoms with van der Waals surface area (Å²) in [6.45, 7) is 4.36. The van der Waals surface area contributed by atoms with Crippen LogP contribution >= 0.6 is 0 Å². The van der Waals surface area contributed by atoms with Crippen LogP contribution in [0, 0.1) is 0 Å². The van der Waals surface area contributed by atoms with Crippen molar-refractivity contribution in [3.05, 3.63) is 12.7 Å². The topological polar surface area (TPSA) is 68.2 Å². The summed E-state index contributed by atoms with van der Waals surface area (Å²) in [6.07, 6.45) is 0.509. The van der Waals surface area contributed by atoms with Gasteiger partial charge in [-0.3, -0.25) is 0 Å². The molecule has 0 aliphatic carbocycles. The van der Waals surface area contributed by atoms with Crippen LogP contribution in [0.3, 0.4) is 0 Å². The van der Waals surface area contributed by atoms with Gasteiger partial charge < -0.3 is 24.4 Å². The molecular formula is C10H20O5. The Balaban J connectivity index is 3.49. The van der Waals surface area contributed by atoms with Crippen molar-refractivity contribution >= 4 is 0 Å². The van der Waals surface area contributed by atoms with Gasteiger partial charge >= 0.3 is 0 Å². The monoisotopic (exact) mass is 220 g/mol. The first kappa shape index (κ1) is 14.5. The van der Waals surface area contributed by atoms with E-state index >= 15 is 0 Å². The first-order chi connectivity index (χ1) is 7.24. The number of ether oxygens (including phenoxy) is 3. The summed E-state index contributed by atoms with van der Waals surface area (Å²) >= 11 is 0. The third-order valence-electron chi connectivity index (χ3n) is 1.63. The summed E-state index contributed by atoms with van der Waals surface area (Å²) in [7, 11) is 1.52. The SMILES string of the molecule is C=CCOCC(O)COC(CO)COC. The second-order valence-corrected chi connectivity index (χ2v) is 3.07. The molecule has 0 aliphatic heterocycles. The van der Waals surface area contributed by atoms with Crippen LogP contribution in [0.1, 0.15) is 0 Å². The molecule has 0 aromatic heterocycles. The van der Waals surface area contributed by atoms with Crippen LogP contribution < -0.4 is 0 Å². The molecule has 0 spiro atoms. The largest absolute Gasteiger partial charge is 0.394 e. The molecule has 2 N–H and O–H groups in total. The second kappa shape index (κ2) is 10.1. The normalized spacial score (nSPS) is 14.9.